The van der Waals surface area contributed by atoms with E-state index in [4.69, 9.17) is 4.74 Å². The minimum atomic E-state index is -0.543. The first-order valence-corrected chi connectivity index (χ1v) is 12.3. The van der Waals surface area contributed by atoms with Gasteiger partial charge in [-0.05, 0) is 71.2 Å². The van der Waals surface area contributed by atoms with Crippen molar-refractivity contribution in [2.75, 3.05) is 30.3 Å². The summed E-state index contributed by atoms with van der Waals surface area (Å²) in [6.45, 7) is 10.8. The number of anilines is 2. The van der Waals surface area contributed by atoms with E-state index in [2.05, 4.69) is 22.5 Å². The van der Waals surface area contributed by atoms with Crippen LogP contribution >= 0.6 is 11.3 Å². The summed E-state index contributed by atoms with van der Waals surface area (Å²) in [6, 6.07) is 6.13. The highest BCUT2D eigenvalue weighted by Crippen LogP contribution is 2.34. The van der Waals surface area contributed by atoms with Gasteiger partial charge in [0, 0.05) is 11.7 Å². The zero-order valence-corrected chi connectivity index (χ0v) is 20.9. The van der Waals surface area contributed by atoms with Crippen LogP contribution in [0.25, 0.3) is 0 Å². The van der Waals surface area contributed by atoms with Crippen molar-refractivity contribution in [3.8, 4) is 0 Å². The van der Waals surface area contributed by atoms with Gasteiger partial charge in [0.2, 0.25) is 5.91 Å². The lowest BCUT2D eigenvalue weighted by atomic mass is 10.0. The molecule has 8 heteroatoms. The van der Waals surface area contributed by atoms with Crippen LogP contribution in [0.1, 0.15) is 69.8 Å². The fourth-order valence-corrected chi connectivity index (χ4v) is 5.25. The third kappa shape index (κ3) is 6.00. The number of piperidine rings is 1. The van der Waals surface area contributed by atoms with Crippen molar-refractivity contribution in [3.63, 3.8) is 0 Å². The molecule has 1 unspecified atom stereocenters. The molecule has 2 N–H and O–H groups in total. The Morgan fingerprint density at radius 2 is 1.91 bits per heavy atom. The van der Waals surface area contributed by atoms with E-state index in [1.165, 1.54) is 6.42 Å². The Bertz CT molecular complexity index is 1050. The number of benzene rings is 1. The highest BCUT2D eigenvalue weighted by atomic mass is 32.1. The fraction of sp³-hybridized carbons (Fsp3) is 0.480. The number of nitrogens with one attached hydrogen (secondary N) is 2. The molecule has 1 aliphatic heterocycles. The molecule has 2 aromatic rings. The number of carbonyl (C=O) groups is 3. The number of likely N-dealkylation sites (tertiary alicyclic amines) is 1. The summed E-state index contributed by atoms with van der Waals surface area (Å²) >= 11 is 1.10. The van der Waals surface area contributed by atoms with Gasteiger partial charge in [0.05, 0.1) is 23.6 Å². The topological polar surface area (TPSA) is 87.7 Å². The molecule has 0 saturated carbocycles. The van der Waals surface area contributed by atoms with Gasteiger partial charge in [0.1, 0.15) is 5.00 Å². The van der Waals surface area contributed by atoms with Gasteiger partial charge >= 0.3 is 5.97 Å². The fourth-order valence-electron chi connectivity index (χ4n) is 4.14. The van der Waals surface area contributed by atoms with Gasteiger partial charge < -0.3 is 15.4 Å². The number of ether oxygens (including phenoxy) is 1. The standard InChI is InChI=1S/C25H33N3O4S/c1-6-32-25(31)21-18(5)22(23(30)26-19-11-10-15(2)13-16(19)3)33-24(21)27-20(29)14-28-12-8-7-9-17(28)4/h10-11,13,17H,6-9,12,14H2,1-5H3,(H,26,30)(H,27,29). The molecule has 7 nitrogen and oxygen atoms in total. The number of nitrogens with zero attached hydrogens (tertiary/aromatic N) is 1. The summed E-state index contributed by atoms with van der Waals surface area (Å²) < 4.78 is 5.22. The lowest BCUT2D eigenvalue weighted by Gasteiger charge is -2.32. The monoisotopic (exact) mass is 471 g/mol. The number of amides is 2. The number of esters is 1. The van der Waals surface area contributed by atoms with Crippen molar-refractivity contribution in [1.82, 2.24) is 4.90 Å². The average molecular weight is 472 g/mol. The number of thiophene rings is 1. The van der Waals surface area contributed by atoms with Crippen molar-refractivity contribution < 1.29 is 19.1 Å². The molecule has 1 aliphatic rings. The molecule has 2 amide bonds. The number of hydrogen-bond acceptors (Lipinski definition) is 6. The quantitative estimate of drug-likeness (QED) is 0.560. The van der Waals surface area contributed by atoms with Crippen molar-refractivity contribution >= 4 is 39.8 Å². The van der Waals surface area contributed by atoms with E-state index in [0.29, 0.717) is 27.2 Å². The van der Waals surface area contributed by atoms with Crippen LogP contribution < -0.4 is 10.6 Å². The van der Waals surface area contributed by atoms with Gasteiger partial charge in [-0.1, -0.05) is 24.1 Å². The number of rotatable bonds is 7. The van der Waals surface area contributed by atoms with Crippen molar-refractivity contribution in [1.29, 1.82) is 0 Å². The Balaban J connectivity index is 1.84. The van der Waals surface area contributed by atoms with Crippen LogP contribution in [-0.4, -0.2) is 48.4 Å². The lowest BCUT2D eigenvalue weighted by molar-refractivity contribution is -0.118. The molecule has 0 spiro atoms. The highest BCUT2D eigenvalue weighted by molar-refractivity contribution is 7.19. The first-order chi connectivity index (χ1) is 15.7. The average Bonchev–Trinajstić information content (AvgIpc) is 3.07. The maximum atomic E-state index is 13.1. The predicted molar refractivity (Wildman–Crippen MR) is 132 cm³/mol. The van der Waals surface area contributed by atoms with Crippen LogP contribution in [0.15, 0.2) is 18.2 Å². The van der Waals surface area contributed by atoms with E-state index >= 15 is 0 Å². The second-order valence-electron chi connectivity index (χ2n) is 8.62. The normalized spacial score (nSPS) is 16.3. The predicted octanol–water partition coefficient (Wildman–Crippen LogP) is 4.92. The summed E-state index contributed by atoms with van der Waals surface area (Å²) in [5.41, 5.74) is 3.51. The number of carbonyl (C=O) groups excluding carboxylic acids is 3. The van der Waals surface area contributed by atoms with E-state index < -0.39 is 5.97 Å². The lowest BCUT2D eigenvalue weighted by Crippen LogP contribution is -2.42. The van der Waals surface area contributed by atoms with Crippen LogP contribution in [0.4, 0.5) is 10.7 Å². The van der Waals surface area contributed by atoms with Gasteiger partial charge in [-0.3, -0.25) is 14.5 Å². The largest absolute Gasteiger partial charge is 0.462 e. The molecular weight excluding hydrogens is 438 g/mol. The maximum absolute atomic E-state index is 13.1. The molecule has 0 bridgehead atoms. The van der Waals surface area contributed by atoms with Crippen LogP contribution in [0, 0.1) is 20.8 Å². The molecule has 3 rings (SSSR count). The third-order valence-corrected chi connectivity index (χ3v) is 7.21. The van der Waals surface area contributed by atoms with Crippen LogP contribution in [0.3, 0.4) is 0 Å². The summed E-state index contributed by atoms with van der Waals surface area (Å²) in [5, 5.41) is 6.16. The van der Waals surface area contributed by atoms with Crippen LogP contribution in [-0.2, 0) is 9.53 Å². The Labute approximate surface area is 199 Å². The molecule has 2 heterocycles. The zero-order chi connectivity index (χ0) is 24.1. The summed E-state index contributed by atoms with van der Waals surface area (Å²) in [7, 11) is 0. The van der Waals surface area contributed by atoms with Crippen LogP contribution in [0.5, 0.6) is 0 Å². The SMILES string of the molecule is CCOC(=O)c1c(NC(=O)CN2CCCCC2C)sc(C(=O)Nc2ccc(C)cc2C)c1C. The number of hydrogen-bond donors (Lipinski definition) is 2. The van der Waals surface area contributed by atoms with E-state index in [0.717, 1.165) is 41.9 Å². The molecule has 1 aromatic heterocycles. The summed E-state index contributed by atoms with van der Waals surface area (Å²) in [5.74, 6) is -1.06. The second-order valence-corrected chi connectivity index (χ2v) is 9.64. The van der Waals surface area contributed by atoms with Crippen molar-refractivity contribution in [2.24, 2.45) is 0 Å². The highest BCUT2D eigenvalue weighted by Gasteiger charge is 2.28. The van der Waals surface area contributed by atoms with E-state index in [1.54, 1.807) is 13.8 Å². The first kappa shape index (κ1) is 24.9. The Hall–Kier alpha value is -2.71. The van der Waals surface area contributed by atoms with Gasteiger partial charge in [-0.15, -0.1) is 11.3 Å². The molecule has 1 aromatic carbocycles. The van der Waals surface area contributed by atoms with Crippen LogP contribution in [0.2, 0.25) is 0 Å². The van der Waals surface area contributed by atoms with Crippen molar-refractivity contribution in [2.45, 2.75) is 59.9 Å². The van der Waals surface area contributed by atoms with Crippen molar-refractivity contribution in [3.05, 3.63) is 45.3 Å². The molecule has 33 heavy (non-hydrogen) atoms. The summed E-state index contributed by atoms with van der Waals surface area (Å²) in [6.07, 6.45) is 3.32. The first-order valence-electron chi connectivity index (χ1n) is 11.4. The molecule has 1 fully saturated rings. The third-order valence-electron chi connectivity index (χ3n) is 6.00. The minimum absolute atomic E-state index is 0.197. The van der Waals surface area contributed by atoms with E-state index in [-0.39, 0.29) is 30.5 Å². The van der Waals surface area contributed by atoms with Gasteiger partial charge in [0.25, 0.3) is 5.91 Å². The molecular formula is C25H33N3O4S. The Morgan fingerprint density at radius 1 is 1.15 bits per heavy atom. The van der Waals surface area contributed by atoms with E-state index in [1.807, 2.05) is 32.0 Å². The molecule has 178 valence electrons. The smallest absolute Gasteiger partial charge is 0.341 e. The van der Waals surface area contributed by atoms with Gasteiger partial charge in [-0.25, -0.2) is 4.79 Å². The molecule has 1 saturated heterocycles. The molecule has 0 aliphatic carbocycles. The van der Waals surface area contributed by atoms with Gasteiger partial charge in [0.15, 0.2) is 0 Å². The zero-order valence-electron chi connectivity index (χ0n) is 20.0. The Morgan fingerprint density at radius 3 is 2.58 bits per heavy atom. The Kier molecular flexibility index (Phi) is 8.26. The maximum Gasteiger partial charge on any atom is 0.341 e. The van der Waals surface area contributed by atoms with E-state index in [9.17, 15) is 14.4 Å². The number of aryl methyl sites for hydroxylation is 2. The van der Waals surface area contributed by atoms with Gasteiger partial charge in [-0.2, -0.15) is 0 Å². The molecule has 1 atom stereocenters. The summed E-state index contributed by atoms with van der Waals surface area (Å²) in [4.78, 5) is 41.1. The molecule has 0 radical (unpaired) electrons. The minimum Gasteiger partial charge on any atom is -0.462 e. The second kappa shape index (κ2) is 10.9.